The number of nitrogens with zero attached hydrogens (tertiary/aromatic N) is 4. The van der Waals surface area contributed by atoms with Gasteiger partial charge in [0.05, 0.1) is 0 Å². The number of rotatable bonds is 2. The predicted octanol–water partition coefficient (Wildman–Crippen LogP) is 1.38. The van der Waals surface area contributed by atoms with Crippen molar-refractivity contribution in [3.05, 3.63) is 29.0 Å². The molecule has 0 aliphatic rings. The largest absolute Gasteiger partial charge is 0.374 e. The number of aryl methyl sites for hydroxylation is 1. The first kappa shape index (κ1) is 11.6. The molecule has 3 heterocycles. The van der Waals surface area contributed by atoms with Gasteiger partial charge in [0.25, 0.3) is 0 Å². The minimum Gasteiger partial charge on any atom is -0.374 e. The van der Waals surface area contributed by atoms with Crippen LogP contribution < -0.4 is 5.73 Å². The molecule has 3 aromatic heterocycles. The van der Waals surface area contributed by atoms with Crippen LogP contribution in [0.25, 0.3) is 11.0 Å². The lowest BCUT2D eigenvalue weighted by Crippen LogP contribution is -1.88. The Balaban J connectivity index is 1.66. The van der Waals surface area contributed by atoms with Gasteiger partial charge in [0.1, 0.15) is 10.7 Å². The van der Waals surface area contributed by atoms with Crippen LogP contribution in [-0.2, 0) is 6.42 Å². The Bertz CT molecular complexity index is 763. The summed E-state index contributed by atoms with van der Waals surface area (Å²) in [5.74, 6) is 6.04. The number of nitrogens with two attached hydrogens (primary N) is 1. The lowest BCUT2D eigenvalue weighted by Gasteiger charge is -1.89. The number of hydrogen-bond donors (Lipinski definition) is 2. The van der Waals surface area contributed by atoms with Crippen LogP contribution in [0.3, 0.4) is 0 Å². The van der Waals surface area contributed by atoms with Crippen molar-refractivity contribution in [3.63, 3.8) is 0 Å². The summed E-state index contributed by atoms with van der Waals surface area (Å²) in [5, 5.41) is 18.2. The molecule has 0 aromatic carbocycles. The third kappa shape index (κ3) is 2.69. The molecule has 0 aliphatic heterocycles. The molecule has 0 radical (unpaired) electrons. The van der Waals surface area contributed by atoms with Gasteiger partial charge in [-0.15, -0.1) is 20.4 Å². The van der Waals surface area contributed by atoms with Crippen LogP contribution in [0.1, 0.15) is 17.1 Å². The molecule has 6 nitrogen and oxygen atoms in total. The van der Waals surface area contributed by atoms with Crippen molar-refractivity contribution in [2.75, 3.05) is 5.73 Å². The van der Waals surface area contributed by atoms with Crippen molar-refractivity contribution in [1.82, 2.24) is 25.4 Å². The van der Waals surface area contributed by atoms with E-state index in [0.717, 1.165) is 22.5 Å². The summed E-state index contributed by atoms with van der Waals surface area (Å²) in [5.41, 5.74) is 6.95. The van der Waals surface area contributed by atoms with E-state index >= 15 is 0 Å². The summed E-state index contributed by atoms with van der Waals surface area (Å²) >= 11 is 1.39. The van der Waals surface area contributed by atoms with E-state index in [1.807, 2.05) is 18.3 Å². The van der Waals surface area contributed by atoms with Crippen LogP contribution in [0.2, 0.25) is 0 Å². The van der Waals surface area contributed by atoms with Crippen molar-refractivity contribution < 1.29 is 0 Å². The zero-order chi connectivity index (χ0) is 13.1. The maximum absolute atomic E-state index is 5.50. The average molecular weight is 270 g/mol. The molecule has 0 aliphatic carbocycles. The number of H-pyrrole nitrogens is 1. The topological polar surface area (TPSA) is 93.4 Å². The summed E-state index contributed by atoms with van der Waals surface area (Å²) in [6.45, 7) is 0. The fraction of sp³-hybridized carbons (Fsp3) is 0.167. The number of nitrogens with one attached hydrogen (secondary N) is 1. The van der Waals surface area contributed by atoms with E-state index in [2.05, 4.69) is 37.2 Å². The van der Waals surface area contributed by atoms with Gasteiger partial charge in [0.15, 0.2) is 5.65 Å². The highest BCUT2D eigenvalue weighted by Crippen LogP contribution is 2.12. The normalized spacial score (nSPS) is 10.3. The monoisotopic (exact) mass is 270 g/mol. The van der Waals surface area contributed by atoms with Crippen LogP contribution >= 0.6 is 11.3 Å². The highest BCUT2D eigenvalue weighted by atomic mass is 32.1. The van der Waals surface area contributed by atoms with Gasteiger partial charge in [-0.25, -0.2) is 0 Å². The Hall–Kier alpha value is -2.46. The average Bonchev–Trinajstić information content (AvgIpc) is 3.03. The molecule has 3 aromatic rings. The van der Waals surface area contributed by atoms with Crippen LogP contribution in [0.15, 0.2) is 18.3 Å². The first-order valence-corrected chi connectivity index (χ1v) is 6.50. The molecule has 0 unspecified atom stereocenters. The number of aromatic nitrogens is 5. The van der Waals surface area contributed by atoms with Crippen LogP contribution in [0.4, 0.5) is 5.13 Å². The van der Waals surface area contributed by atoms with Gasteiger partial charge in [-0.1, -0.05) is 17.3 Å². The molecule has 19 heavy (non-hydrogen) atoms. The van der Waals surface area contributed by atoms with Gasteiger partial charge in [-0.3, -0.25) is 0 Å². The van der Waals surface area contributed by atoms with Crippen molar-refractivity contribution in [3.8, 4) is 11.8 Å². The molecule has 0 saturated carbocycles. The van der Waals surface area contributed by atoms with Gasteiger partial charge in [-0.05, 0) is 18.1 Å². The molecule has 3 N–H and O–H groups in total. The van der Waals surface area contributed by atoms with E-state index in [1.165, 1.54) is 11.3 Å². The Morgan fingerprint density at radius 1 is 1.26 bits per heavy atom. The molecule has 0 bridgehead atoms. The van der Waals surface area contributed by atoms with Gasteiger partial charge >= 0.3 is 0 Å². The van der Waals surface area contributed by atoms with E-state index in [1.54, 1.807) is 0 Å². The summed E-state index contributed by atoms with van der Waals surface area (Å²) in [4.78, 5) is 2.99. The second-order valence-electron chi connectivity index (χ2n) is 3.85. The SMILES string of the molecule is Nc1nnc(CCC#Cc2cc3cc[nH]c3nn2)s1. The zero-order valence-corrected chi connectivity index (χ0v) is 10.7. The maximum Gasteiger partial charge on any atom is 0.203 e. The van der Waals surface area contributed by atoms with E-state index in [-0.39, 0.29) is 0 Å². The van der Waals surface area contributed by atoms with Crippen molar-refractivity contribution >= 4 is 27.5 Å². The molecule has 0 saturated heterocycles. The van der Waals surface area contributed by atoms with Crippen molar-refractivity contribution in [2.24, 2.45) is 0 Å². The Kier molecular flexibility index (Phi) is 3.08. The maximum atomic E-state index is 5.50. The molecule has 7 heteroatoms. The number of fused-ring (bicyclic) bond motifs is 1. The number of anilines is 1. The fourth-order valence-corrected chi connectivity index (χ4v) is 2.22. The molecular formula is C12H10N6S. The summed E-state index contributed by atoms with van der Waals surface area (Å²) in [6.07, 6.45) is 3.28. The standard InChI is InChI=1S/C12H10N6S/c13-12-18-16-10(19-12)4-2-1-3-9-7-8-5-6-14-11(8)17-15-9/h5-7H,2,4H2,(H2,13,18)(H,14,17). The van der Waals surface area contributed by atoms with Crippen LogP contribution in [0, 0.1) is 11.8 Å². The number of nitrogen functional groups attached to an aromatic ring is 1. The zero-order valence-electron chi connectivity index (χ0n) is 9.92. The lowest BCUT2D eigenvalue weighted by atomic mass is 10.3. The summed E-state index contributed by atoms with van der Waals surface area (Å²) < 4.78 is 0. The van der Waals surface area contributed by atoms with E-state index in [0.29, 0.717) is 17.2 Å². The molecule has 0 atom stereocenters. The quantitative estimate of drug-likeness (QED) is 0.686. The van der Waals surface area contributed by atoms with E-state index < -0.39 is 0 Å². The Labute approximate surface area is 113 Å². The first-order valence-electron chi connectivity index (χ1n) is 5.69. The molecule has 0 fully saturated rings. The summed E-state index contributed by atoms with van der Waals surface area (Å²) in [6, 6.07) is 3.86. The van der Waals surface area contributed by atoms with Gasteiger partial charge < -0.3 is 10.7 Å². The van der Waals surface area contributed by atoms with Crippen LogP contribution in [-0.4, -0.2) is 25.4 Å². The Morgan fingerprint density at radius 2 is 2.21 bits per heavy atom. The molecule has 0 amide bonds. The van der Waals surface area contributed by atoms with E-state index in [4.69, 9.17) is 5.73 Å². The van der Waals surface area contributed by atoms with Crippen molar-refractivity contribution in [2.45, 2.75) is 12.8 Å². The smallest absolute Gasteiger partial charge is 0.203 e. The highest BCUT2D eigenvalue weighted by Gasteiger charge is 1.99. The molecule has 3 rings (SSSR count). The number of aromatic amines is 1. The number of hydrogen-bond acceptors (Lipinski definition) is 6. The fourth-order valence-electron chi connectivity index (χ4n) is 1.61. The minimum absolute atomic E-state index is 0.492. The highest BCUT2D eigenvalue weighted by molar-refractivity contribution is 7.15. The third-order valence-corrected chi connectivity index (χ3v) is 3.28. The van der Waals surface area contributed by atoms with Gasteiger partial charge in [-0.2, -0.15) is 0 Å². The second-order valence-corrected chi connectivity index (χ2v) is 4.94. The Morgan fingerprint density at radius 3 is 3.05 bits per heavy atom. The predicted molar refractivity (Wildman–Crippen MR) is 73.4 cm³/mol. The summed E-state index contributed by atoms with van der Waals surface area (Å²) in [7, 11) is 0. The molecular weight excluding hydrogens is 260 g/mol. The molecule has 94 valence electrons. The van der Waals surface area contributed by atoms with Crippen molar-refractivity contribution in [1.29, 1.82) is 0 Å². The van der Waals surface area contributed by atoms with Gasteiger partial charge in [0.2, 0.25) is 5.13 Å². The van der Waals surface area contributed by atoms with Gasteiger partial charge in [0, 0.05) is 24.4 Å². The lowest BCUT2D eigenvalue weighted by molar-refractivity contribution is 0.942. The van der Waals surface area contributed by atoms with E-state index in [9.17, 15) is 0 Å². The molecule has 0 spiro atoms. The minimum atomic E-state index is 0.492. The first-order chi connectivity index (χ1) is 9.31. The van der Waals surface area contributed by atoms with Crippen LogP contribution in [0.5, 0.6) is 0 Å². The second kappa shape index (κ2) is 5.04. The third-order valence-electron chi connectivity index (χ3n) is 2.47.